The molecule has 0 saturated carbocycles. The lowest BCUT2D eigenvalue weighted by Crippen LogP contribution is -2.37. The molecule has 1 aromatic heterocycles. The Morgan fingerprint density at radius 3 is 2.28 bits per heavy atom. The first-order chi connectivity index (χ1) is 11.7. The molecule has 8 heteroatoms. The van der Waals surface area contributed by atoms with E-state index in [1.54, 1.807) is 0 Å². The molecule has 0 bridgehead atoms. The van der Waals surface area contributed by atoms with Crippen LogP contribution in [0.25, 0.3) is 22.2 Å². The molecule has 0 fully saturated rings. The Hall–Kier alpha value is -2.90. The molecule has 0 unspecified atom stereocenters. The Kier molecular flexibility index (Phi) is 3.98. The molecule has 0 radical (unpaired) electrons. The summed E-state index contributed by atoms with van der Waals surface area (Å²) < 4.78 is 68.4. The highest BCUT2D eigenvalue weighted by Crippen LogP contribution is 2.36. The zero-order valence-electron chi connectivity index (χ0n) is 12.5. The molecule has 3 rings (SSSR count). The monoisotopic (exact) mass is 354 g/mol. The number of H-pyrrole nitrogens is 1. The summed E-state index contributed by atoms with van der Waals surface area (Å²) >= 11 is 0. The largest absolute Gasteiger partial charge is 0.364 e. The molecule has 3 nitrogen and oxygen atoms in total. The fourth-order valence-corrected chi connectivity index (χ4v) is 2.63. The highest BCUT2D eigenvalue weighted by Gasteiger charge is 2.38. The molecule has 0 aliphatic rings. The first kappa shape index (κ1) is 16.9. The number of carbonyl (C=O) groups is 1. The van der Waals surface area contributed by atoms with E-state index in [0.717, 1.165) is 18.2 Å². The number of hydrogen-bond donors (Lipinski definition) is 2. The van der Waals surface area contributed by atoms with Crippen LogP contribution in [-0.2, 0) is 11.2 Å². The average molecular weight is 354 g/mol. The predicted molar refractivity (Wildman–Crippen MR) is 81.5 cm³/mol. The first-order valence-corrected chi connectivity index (χ1v) is 7.12. The van der Waals surface area contributed by atoms with Gasteiger partial charge in [0.1, 0.15) is 17.5 Å². The number of nitrogens with two attached hydrogens (primary N) is 1. The number of nitrogens with one attached hydrogen (secondary N) is 1. The summed E-state index contributed by atoms with van der Waals surface area (Å²) in [4.78, 5) is 13.6. The number of aromatic amines is 1. The summed E-state index contributed by atoms with van der Waals surface area (Å²) in [6, 6.07) is 6.25. The third-order valence-corrected chi connectivity index (χ3v) is 3.82. The van der Waals surface area contributed by atoms with Gasteiger partial charge in [-0.1, -0.05) is 0 Å². The van der Waals surface area contributed by atoms with Gasteiger partial charge in [-0.2, -0.15) is 8.78 Å². The van der Waals surface area contributed by atoms with Crippen molar-refractivity contribution in [2.24, 2.45) is 5.73 Å². The van der Waals surface area contributed by atoms with Crippen LogP contribution in [-0.4, -0.2) is 16.8 Å². The second-order valence-electron chi connectivity index (χ2n) is 5.54. The zero-order chi connectivity index (χ0) is 18.4. The van der Waals surface area contributed by atoms with E-state index >= 15 is 0 Å². The maximum absolute atomic E-state index is 14.0. The van der Waals surface area contributed by atoms with Crippen LogP contribution < -0.4 is 5.73 Å². The number of rotatable bonds is 4. The van der Waals surface area contributed by atoms with Crippen LogP contribution in [0.3, 0.4) is 0 Å². The van der Waals surface area contributed by atoms with E-state index in [1.807, 2.05) is 0 Å². The topological polar surface area (TPSA) is 58.9 Å². The number of alkyl halides is 2. The van der Waals surface area contributed by atoms with Gasteiger partial charge in [-0.15, -0.1) is 0 Å². The smallest absolute Gasteiger partial charge is 0.328 e. The van der Waals surface area contributed by atoms with Crippen molar-refractivity contribution in [3.8, 4) is 11.3 Å². The van der Waals surface area contributed by atoms with Crippen LogP contribution in [0.5, 0.6) is 0 Å². The van der Waals surface area contributed by atoms with Gasteiger partial charge in [-0.25, -0.2) is 13.2 Å². The van der Waals surface area contributed by atoms with Crippen LogP contribution in [0.1, 0.15) is 5.56 Å². The van der Waals surface area contributed by atoms with Gasteiger partial charge in [-0.3, -0.25) is 4.79 Å². The third-order valence-electron chi connectivity index (χ3n) is 3.82. The molecule has 3 N–H and O–H groups in total. The average Bonchev–Trinajstić information content (AvgIpc) is 2.86. The van der Waals surface area contributed by atoms with Crippen molar-refractivity contribution in [3.05, 3.63) is 59.4 Å². The van der Waals surface area contributed by atoms with E-state index in [9.17, 15) is 26.7 Å². The quantitative estimate of drug-likeness (QED) is 0.686. The number of primary amides is 1. The van der Waals surface area contributed by atoms with Crippen LogP contribution in [0.2, 0.25) is 0 Å². The molecule has 0 atom stereocenters. The van der Waals surface area contributed by atoms with Crippen molar-refractivity contribution in [2.45, 2.75) is 12.3 Å². The van der Waals surface area contributed by atoms with Crippen LogP contribution >= 0.6 is 0 Å². The van der Waals surface area contributed by atoms with Gasteiger partial charge in [0.2, 0.25) is 0 Å². The van der Waals surface area contributed by atoms with E-state index in [-0.39, 0.29) is 27.7 Å². The minimum atomic E-state index is -3.92. The van der Waals surface area contributed by atoms with Crippen LogP contribution in [0.15, 0.2) is 36.4 Å². The van der Waals surface area contributed by atoms with E-state index in [0.29, 0.717) is 6.07 Å². The van der Waals surface area contributed by atoms with Gasteiger partial charge in [-0.05, 0) is 41.5 Å². The number of fused-ring (bicyclic) bond motifs is 1. The maximum Gasteiger partial charge on any atom is 0.328 e. The lowest BCUT2D eigenvalue weighted by Gasteiger charge is -2.13. The lowest BCUT2D eigenvalue weighted by molar-refractivity contribution is -0.141. The van der Waals surface area contributed by atoms with Crippen molar-refractivity contribution >= 4 is 16.8 Å². The number of aromatic nitrogens is 1. The minimum Gasteiger partial charge on any atom is -0.364 e. The van der Waals surface area contributed by atoms with Crippen LogP contribution in [0.4, 0.5) is 22.0 Å². The van der Waals surface area contributed by atoms with Crippen molar-refractivity contribution in [2.75, 3.05) is 0 Å². The van der Waals surface area contributed by atoms with Crippen LogP contribution in [0, 0.1) is 17.5 Å². The van der Waals surface area contributed by atoms with Gasteiger partial charge in [0.25, 0.3) is 5.91 Å². The van der Waals surface area contributed by atoms with Gasteiger partial charge < -0.3 is 10.7 Å². The fourth-order valence-electron chi connectivity index (χ4n) is 2.63. The first-order valence-electron chi connectivity index (χ1n) is 7.12. The predicted octanol–water partition coefficient (Wildman–Crippen LogP) is 3.92. The lowest BCUT2D eigenvalue weighted by atomic mass is 9.99. The number of halogens is 5. The number of benzene rings is 2. The molecule has 130 valence electrons. The summed E-state index contributed by atoms with van der Waals surface area (Å²) in [6.45, 7) is 0. The molecule has 0 saturated heterocycles. The fraction of sp³-hybridized carbons (Fsp3) is 0.118. The molecule has 1 amide bonds. The highest BCUT2D eigenvalue weighted by atomic mass is 19.3. The zero-order valence-corrected chi connectivity index (χ0v) is 12.5. The molecule has 25 heavy (non-hydrogen) atoms. The summed E-state index contributed by atoms with van der Waals surface area (Å²) in [5.74, 6) is -8.28. The van der Waals surface area contributed by atoms with Crippen molar-refractivity contribution in [1.82, 2.24) is 4.98 Å². The number of hydrogen-bond acceptors (Lipinski definition) is 1. The molecule has 0 spiro atoms. The maximum atomic E-state index is 14.0. The van der Waals surface area contributed by atoms with E-state index in [2.05, 4.69) is 4.98 Å². The second-order valence-corrected chi connectivity index (χ2v) is 5.54. The molecule has 3 aromatic rings. The molecule has 0 aliphatic carbocycles. The third kappa shape index (κ3) is 3.07. The van der Waals surface area contributed by atoms with Gasteiger partial charge in [0.05, 0.1) is 11.2 Å². The standard InChI is InChI=1S/C17H11F5N2O/c18-9-3-1-8(2-4-9)14-12(7-17(21,22)16(23)25)11-5-10(19)6-13(20)15(11)24-14/h1-6,24H,7H2,(H2,23,25). The molecular formula is C17H11F5N2O. The molecule has 2 aromatic carbocycles. The highest BCUT2D eigenvalue weighted by molar-refractivity contribution is 5.92. The molecule has 1 heterocycles. The Morgan fingerprint density at radius 1 is 1.04 bits per heavy atom. The summed E-state index contributed by atoms with van der Waals surface area (Å²) in [5, 5.41) is -0.141. The van der Waals surface area contributed by atoms with Crippen molar-refractivity contribution < 1.29 is 26.7 Å². The second kappa shape index (κ2) is 5.87. The SMILES string of the molecule is NC(=O)C(F)(F)Cc1c(-c2ccc(F)cc2)[nH]c2c(F)cc(F)cc12. The Bertz CT molecular complexity index is 963. The number of carbonyl (C=O) groups excluding carboxylic acids is 1. The van der Waals surface area contributed by atoms with Crippen molar-refractivity contribution in [1.29, 1.82) is 0 Å². The Balaban J connectivity index is 2.28. The van der Waals surface area contributed by atoms with Crippen molar-refractivity contribution in [3.63, 3.8) is 0 Å². The molecule has 0 aliphatic heterocycles. The Morgan fingerprint density at radius 2 is 1.68 bits per heavy atom. The summed E-state index contributed by atoms with van der Waals surface area (Å²) in [6.07, 6.45) is -1.15. The van der Waals surface area contributed by atoms with Gasteiger partial charge in [0, 0.05) is 17.9 Å². The van der Waals surface area contributed by atoms with Gasteiger partial charge >= 0.3 is 5.92 Å². The normalized spacial score (nSPS) is 11.9. The summed E-state index contributed by atoms with van der Waals surface area (Å²) in [7, 11) is 0. The Labute approximate surface area is 138 Å². The van der Waals surface area contributed by atoms with E-state index in [4.69, 9.17) is 5.73 Å². The van der Waals surface area contributed by atoms with Gasteiger partial charge in [0.15, 0.2) is 0 Å². The molecular weight excluding hydrogens is 343 g/mol. The number of amides is 1. The van der Waals surface area contributed by atoms with E-state index in [1.165, 1.54) is 12.1 Å². The minimum absolute atomic E-state index is 0.0282. The summed E-state index contributed by atoms with van der Waals surface area (Å²) in [5.41, 5.74) is 4.61. The van der Waals surface area contributed by atoms with E-state index < -0.39 is 35.7 Å².